The molecule has 0 fully saturated rings. The molecule has 0 atom stereocenters. The van der Waals surface area contributed by atoms with Gasteiger partial charge in [0.1, 0.15) is 0 Å². The third-order valence-electron chi connectivity index (χ3n) is 1.62. The summed E-state index contributed by atoms with van der Waals surface area (Å²) in [5, 5.41) is 0. The van der Waals surface area contributed by atoms with Crippen molar-refractivity contribution in [3.8, 4) is 0 Å². The van der Waals surface area contributed by atoms with Crippen LogP contribution in [0.1, 0.15) is 22.8 Å². The van der Waals surface area contributed by atoms with Crippen LogP contribution in [0.15, 0.2) is 24.3 Å². The molecule has 0 radical (unpaired) electrons. The van der Waals surface area contributed by atoms with Gasteiger partial charge in [0.05, 0.1) is 12.2 Å². The molecule has 0 aliphatic rings. The SMILES string of the molecule is CCOC(=O)c1ccc(CCl)cc1. The zero-order chi connectivity index (χ0) is 9.68. The Bertz CT molecular complexity index is 279. The predicted octanol–water partition coefficient (Wildman–Crippen LogP) is 2.60. The Hall–Kier alpha value is -1.02. The second kappa shape index (κ2) is 4.87. The molecule has 3 heteroatoms. The number of benzene rings is 1. The highest BCUT2D eigenvalue weighted by Gasteiger charge is 2.04. The molecule has 13 heavy (non-hydrogen) atoms. The van der Waals surface area contributed by atoms with E-state index in [2.05, 4.69) is 0 Å². The number of hydrogen-bond acceptors (Lipinski definition) is 2. The molecule has 0 N–H and O–H groups in total. The maximum Gasteiger partial charge on any atom is 0.338 e. The Morgan fingerprint density at radius 2 is 2.00 bits per heavy atom. The van der Waals surface area contributed by atoms with Crippen molar-refractivity contribution < 1.29 is 9.53 Å². The van der Waals surface area contributed by atoms with Crippen LogP contribution in [0.2, 0.25) is 0 Å². The number of rotatable bonds is 3. The van der Waals surface area contributed by atoms with E-state index in [9.17, 15) is 4.79 Å². The van der Waals surface area contributed by atoms with Gasteiger partial charge < -0.3 is 4.74 Å². The Morgan fingerprint density at radius 3 is 2.46 bits per heavy atom. The molecule has 0 bridgehead atoms. The van der Waals surface area contributed by atoms with Crippen LogP contribution in [0.25, 0.3) is 0 Å². The quantitative estimate of drug-likeness (QED) is 0.551. The van der Waals surface area contributed by atoms with Crippen molar-refractivity contribution in [3.63, 3.8) is 0 Å². The summed E-state index contributed by atoms with van der Waals surface area (Å²) in [5.74, 6) is 0.173. The van der Waals surface area contributed by atoms with Crippen LogP contribution in [-0.4, -0.2) is 12.6 Å². The van der Waals surface area contributed by atoms with Crippen molar-refractivity contribution in [1.29, 1.82) is 0 Å². The average Bonchev–Trinajstić information content (AvgIpc) is 2.18. The van der Waals surface area contributed by atoms with E-state index in [0.29, 0.717) is 18.1 Å². The number of esters is 1. The summed E-state index contributed by atoms with van der Waals surface area (Å²) in [7, 11) is 0. The number of carbonyl (C=O) groups is 1. The highest BCUT2D eigenvalue weighted by atomic mass is 35.5. The molecule has 0 saturated heterocycles. The van der Waals surface area contributed by atoms with Gasteiger partial charge in [0.15, 0.2) is 0 Å². The minimum Gasteiger partial charge on any atom is -0.462 e. The fourth-order valence-corrected chi connectivity index (χ4v) is 1.12. The molecular formula is C10H11ClO2. The van der Waals surface area contributed by atoms with E-state index in [1.807, 2.05) is 12.1 Å². The van der Waals surface area contributed by atoms with Gasteiger partial charge >= 0.3 is 5.97 Å². The van der Waals surface area contributed by atoms with Gasteiger partial charge in [0.25, 0.3) is 0 Å². The summed E-state index contributed by atoms with van der Waals surface area (Å²) < 4.78 is 4.83. The van der Waals surface area contributed by atoms with Gasteiger partial charge in [-0.3, -0.25) is 0 Å². The summed E-state index contributed by atoms with van der Waals surface area (Å²) >= 11 is 5.60. The van der Waals surface area contributed by atoms with Crippen molar-refractivity contribution in [2.45, 2.75) is 12.8 Å². The summed E-state index contributed by atoms with van der Waals surface area (Å²) in [6.45, 7) is 2.18. The van der Waals surface area contributed by atoms with Crippen LogP contribution in [0.5, 0.6) is 0 Å². The topological polar surface area (TPSA) is 26.3 Å². The molecule has 0 aliphatic heterocycles. The van der Waals surface area contributed by atoms with Gasteiger partial charge in [0, 0.05) is 5.88 Å². The maximum absolute atomic E-state index is 11.2. The smallest absolute Gasteiger partial charge is 0.338 e. The molecule has 0 aromatic heterocycles. The first-order chi connectivity index (χ1) is 6.27. The van der Waals surface area contributed by atoms with Crippen LogP contribution >= 0.6 is 11.6 Å². The Labute approximate surface area is 82.5 Å². The van der Waals surface area contributed by atoms with E-state index in [-0.39, 0.29) is 5.97 Å². The number of halogens is 1. The van der Waals surface area contributed by atoms with E-state index in [1.165, 1.54) is 0 Å². The van der Waals surface area contributed by atoms with Crippen LogP contribution in [0.4, 0.5) is 0 Å². The van der Waals surface area contributed by atoms with Crippen molar-refractivity contribution in [1.82, 2.24) is 0 Å². The van der Waals surface area contributed by atoms with Gasteiger partial charge in [-0.1, -0.05) is 12.1 Å². The van der Waals surface area contributed by atoms with E-state index >= 15 is 0 Å². The Kier molecular flexibility index (Phi) is 3.77. The molecule has 0 spiro atoms. The van der Waals surface area contributed by atoms with Gasteiger partial charge in [-0.15, -0.1) is 11.6 Å². The lowest BCUT2D eigenvalue weighted by atomic mass is 10.1. The number of ether oxygens (including phenoxy) is 1. The normalized spacial score (nSPS) is 9.69. The second-order valence-electron chi connectivity index (χ2n) is 2.55. The molecule has 2 nitrogen and oxygen atoms in total. The van der Waals surface area contributed by atoms with Gasteiger partial charge in [0.2, 0.25) is 0 Å². The first-order valence-electron chi connectivity index (χ1n) is 4.10. The number of hydrogen-bond donors (Lipinski definition) is 0. The molecule has 1 aromatic rings. The lowest BCUT2D eigenvalue weighted by Crippen LogP contribution is -2.04. The number of carbonyl (C=O) groups excluding carboxylic acids is 1. The standard InChI is InChI=1S/C10H11ClO2/c1-2-13-10(12)9-5-3-8(7-11)4-6-9/h3-6H,2,7H2,1H3. The molecule has 70 valence electrons. The van der Waals surface area contributed by atoms with Crippen molar-refractivity contribution >= 4 is 17.6 Å². The van der Waals surface area contributed by atoms with Crippen LogP contribution < -0.4 is 0 Å². The van der Waals surface area contributed by atoms with Crippen LogP contribution in [-0.2, 0) is 10.6 Å². The van der Waals surface area contributed by atoms with Crippen LogP contribution in [0.3, 0.4) is 0 Å². The minimum absolute atomic E-state index is 0.288. The summed E-state index contributed by atoms with van der Waals surface area (Å²) in [6, 6.07) is 7.07. The lowest BCUT2D eigenvalue weighted by molar-refractivity contribution is 0.0526. The fourth-order valence-electron chi connectivity index (χ4n) is 0.944. The van der Waals surface area contributed by atoms with Gasteiger partial charge in [-0.05, 0) is 24.6 Å². The first-order valence-corrected chi connectivity index (χ1v) is 4.63. The largest absolute Gasteiger partial charge is 0.462 e. The Morgan fingerprint density at radius 1 is 1.38 bits per heavy atom. The fraction of sp³-hybridized carbons (Fsp3) is 0.300. The van der Waals surface area contributed by atoms with Crippen molar-refractivity contribution in [3.05, 3.63) is 35.4 Å². The third kappa shape index (κ3) is 2.74. The zero-order valence-corrected chi connectivity index (χ0v) is 8.17. The molecule has 1 rings (SSSR count). The first kappa shape index (κ1) is 10.1. The number of alkyl halides is 1. The van der Waals surface area contributed by atoms with E-state index in [0.717, 1.165) is 5.56 Å². The van der Waals surface area contributed by atoms with Crippen LogP contribution in [0, 0.1) is 0 Å². The molecule has 1 aromatic carbocycles. The van der Waals surface area contributed by atoms with Gasteiger partial charge in [-0.25, -0.2) is 4.79 Å². The van der Waals surface area contributed by atoms with E-state index in [1.54, 1.807) is 19.1 Å². The highest BCUT2D eigenvalue weighted by Crippen LogP contribution is 2.07. The maximum atomic E-state index is 11.2. The third-order valence-corrected chi connectivity index (χ3v) is 1.93. The Balaban J connectivity index is 2.74. The van der Waals surface area contributed by atoms with E-state index < -0.39 is 0 Å². The molecule has 0 heterocycles. The molecular weight excluding hydrogens is 188 g/mol. The highest BCUT2D eigenvalue weighted by molar-refractivity contribution is 6.17. The molecule has 0 aliphatic carbocycles. The van der Waals surface area contributed by atoms with E-state index in [4.69, 9.17) is 16.3 Å². The van der Waals surface area contributed by atoms with Crippen molar-refractivity contribution in [2.24, 2.45) is 0 Å². The zero-order valence-electron chi connectivity index (χ0n) is 7.42. The van der Waals surface area contributed by atoms with Crippen molar-refractivity contribution in [2.75, 3.05) is 6.61 Å². The molecule has 0 unspecified atom stereocenters. The lowest BCUT2D eigenvalue weighted by Gasteiger charge is -2.01. The molecule has 0 saturated carbocycles. The predicted molar refractivity (Wildman–Crippen MR) is 52.0 cm³/mol. The second-order valence-corrected chi connectivity index (χ2v) is 2.82. The van der Waals surface area contributed by atoms with Gasteiger partial charge in [-0.2, -0.15) is 0 Å². The molecule has 0 amide bonds. The minimum atomic E-state index is -0.288. The summed E-state index contributed by atoms with van der Waals surface area (Å²) in [4.78, 5) is 11.2. The average molecular weight is 199 g/mol. The summed E-state index contributed by atoms with van der Waals surface area (Å²) in [6.07, 6.45) is 0. The monoisotopic (exact) mass is 198 g/mol. The summed E-state index contributed by atoms with van der Waals surface area (Å²) in [5.41, 5.74) is 1.56.